The van der Waals surface area contributed by atoms with Crippen molar-refractivity contribution in [3.63, 3.8) is 0 Å². The lowest BCUT2D eigenvalue weighted by Gasteiger charge is -2.15. The first kappa shape index (κ1) is 12.2. The minimum absolute atomic E-state index is 0.161. The number of aromatic amines is 1. The molecule has 3 aliphatic heterocycles. The quantitative estimate of drug-likeness (QED) is 0.661. The van der Waals surface area contributed by atoms with Gasteiger partial charge in [0.2, 0.25) is 0 Å². The van der Waals surface area contributed by atoms with E-state index in [-0.39, 0.29) is 18.0 Å². The molecular formula is C12H14IN3O2. The number of rotatable bonds is 2. The molecule has 5 nitrogen and oxygen atoms in total. The van der Waals surface area contributed by atoms with Crippen LogP contribution in [0.25, 0.3) is 11.4 Å². The lowest BCUT2D eigenvalue weighted by atomic mass is 10.2. The van der Waals surface area contributed by atoms with E-state index in [0.717, 1.165) is 18.4 Å². The Bertz CT molecular complexity index is 579. The molecule has 6 heteroatoms. The van der Waals surface area contributed by atoms with Gasteiger partial charge in [0, 0.05) is 28.3 Å². The van der Waals surface area contributed by atoms with Crippen LogP contribution in [0.1, 0.15) is 26.0 Å². The predicted molar refractivity (Wildman–Crippen MR) is 76.1 cm³/mol. The van der Waals surface area contributed by atoms with Gasteiger partial charge in [-0.2, -0.15) is 0 Å². The molecule has 0 aliphatic carbocycles. The maximum atomic E-state index is 12.0. The number of hydrogen-bond donors (Lipinski definition) is 1. The SMILES string of the molecule is CC[C@H]1O[C@@H](n2cc3ccnc-3[nH]c2=O)CC1I. The summed E-state index contributed by atoms with van der Waals surface area (Å²) in [6.45, 7) is 2.11. The standard InChI is InChI=1S/C12H14IN3O2/c1-2-9-8(13)5-10(18-9)16-6-7-3-4-14-11(7)15-12(16)17/h3-4,6,8-10H,2,5H2,1H3,(H,14,15,17)/t8?,9-,10-/m1/s1. The topological polar surface area (TPSA) is 59.9 Å². The smallest absolute Gasteiger partial charge is 0.329 e. The van der Waals surface area contributed by atoms with Crippen molar-refractivity contribution in [2.24, 2.45) is 0 Å². The Kier molecular flexibility index (Phi) is 3.14. The Labute approximate surface area is 118 Å². The predicted octanol–water partition coefficient (Wildman–Crippen LogP) is 2.18. The van der Waals surface area contributed by atoms with Crippen LogP contribution < -0.4 is 5.69 Å². The highest BCUT2D eigenvalue weighted by atomic mass is 127. The number of H-pyrrole nitrogens is 1. The second-order valence-corrected chi connectivity index (χ2v) is 6.10. The van der Waals surface area contributed by atoms with Gasteiger partial charge < -0.3 is 4.74 Å². The van der Waals surface area contributed by atoms with Crippen LogP contribution in [0.4, 0.5) is 0 Å². The molecule has 0 aromatic heterocycles. The van der Waals surface area contributed by atoms with Gasteiger partial charge in [0.15, 0.2) is 0 Å². The number of nitrogens with one attached hydrogen (secondary N) is 1. The minimum atomic E-state index is -0.167. The highest BCUT2D eigenvalue weighted by molar-refractivity contribution is 14.1. The summed E-state index contributed by atoms with van der Waals surface area (Å²) in [7, 11) is 0. The molecule has 0 radical (unpaired) electrons. The number of nitrogens with zero attached hydrogens (tertiary/aromatic N) is 2. The van der Waals surface area contributed by atoms with Crippen LogP contribution in [0.2, 0.25) is 0 Å². The second kappa shape index (κ2) is 4.65. The van der Waals surface area contributed by atoms with Gasteiger partial charge >= 0.3 is 5.69 Å². The van der Waals surface area contributed by atoms with Crippen molar-refractivity contribution in [1.29, 1.82) is 0 Å². The van der Waals surface area contributed by atoms with E-state index < -0.39 is 0 Å². The molecule has 1 N–H and O–H groups in total. The number of hydrogen-bond acceptors (Lipinski definition) is 3. The second-order valence-electron chi connectivity index (χ2n) is 4.50. The van der Waals surface area contributed by atoms with Gasteiger partial charge in [0.1, 0.15) is 12.1 Å². The summed E-state index contributed by atoms with van der Waals surface area (Å²) < 4.78 is 8.03. The fourth-order valence-electron chi connectivity index (χ4n) is 2.36. The Morgan fingerprint density at radius 1 is 1.67 bits per heavy atom. The molecule has 3 aliphatic rings. The molecule has 1 saturated heterocycles. The van der Waals surface area contributed by atoms with E-state index in [1.165, 1.54) is 0 Å². The average molecular weight is 359 g/mol. The summed E-state index contributed by atoms with van der Waals surface area (Å²) in [5.74, 6) is 0.632. The van der Waals surface area contributed by atoms with E-state index in [0.29, 0.717) is 9.75 Å². The molecule has 0 amide bonds. The molecular weight excluding hydrogens is 345 g/mol. The van der Waals surface area contributed by atoms with Gasteiger partial charge in [-0.1, -0.05) is 29.5 Å². The molecule has 3 heterocycles. The number of alkyl halides is 1. The minimum Gasteiger partial charge on any atom is -0.354 e. The Morgan fingerprint density at radius 3 is 3.22 bits per heavy atom. The maximum Gasteiger partial charge on any atom is 0.329 e. The Morgan fingerprint density at radius 2 is 2.50 bits per heavy atom. The van der Waals surface area contributed by atoms with Gasteiger partial charge in [0.25, 0.3) is 0 Å². The first-order valence-corrected chi connectivity index (χ1v) is 7.29. The van der Waals surface area contributed by atoms with E-state index in [4.69, 9.17) is 4.74 Å². The van der Waals surface area contributed by atoms with Crippen molar-refractivity contribution in [3.8, 4) is 11.4 Å². The fraction of sp³-hybridized carbons (Fsp3) is 0.500. The monoisotopic (exact) mass is 359 g/mol. The van der Waals surface area contributed by atoms with E-state index in [2.05, 4.69) is 39.5 Å². The van der Waals surface area contributed by atoms with Crippen molar-refractivity contribution >= 4 is 22.6 Å². The molecule has 3 atom stereocenters. The maximum absolute atomic E-state index is 12.0. The molecule has 18 heavy (non-hydrogen) atoms. The molecule has 0 saturated carbocycles. The Hall–Kier alpha value is -0.890. The molecule has 0 bridgehead atoms. The molecule has 1 fully saturated rings. The van der Waals surface area contributed by atoms with Crippen LogP contribution in [-0.4, -0.2) is 24.6 Å². The number of fused-ring (bicyclic) bond motifs is 1. The highest BCUT2D eigenvalue weighted by Crippen LogP contribution is 2.34. The van der Waals surface area contributed by atoms with Gasteiger partial charge in [0.05, 0.1) is 6.10 Å². The largest absolute Gasteiger partial charge is 0.354 e. The molecule has 0 aromatic rings. The lowest BCUT2D eigenvalue weighted by molar-refractivity contribution is -0.000674. The third-order valence-electron chi connectivity index (χ3n) is 3.34. The van der Waals surface area contributed by atoms with Crippen LogP contribution in [0.15, 0.2) is 23.3 Å². The molecule has 96 valence electrons. The summed E-state index contributed by atoms with van der Waals surface area (Å²) in [4.78, 5) is 18.9. The first-order chi connectivity index (χ1) is 8.69. The zero-order valence-electron chi connectivity index (χ0n) is 9.97. The zero-order chi connectivity index (χ0) is 12.7. The zero-order valence-corrected chi connectivity index (χ0v) is 12.1. The van der Waals surface area contributed by atoms with E-state index in [1.54, 1.807) is 10.8 Å². The summed E-state index contributed by atoms with van der Waals surface area (Å²) in [6, 6.07) is 1.88. The molecule has 0 spiro atoms. The number of ether oxygens (including phenoxy) is 1. The van der Waals surface area contributed by atoms with Crippen molar-refractivity contribution in [1.82, 2.24) is 14.5 Å². The van der Waals surface area contributed by atoms with Crippen molar-refractivity contribution in [2.45, 2.75) is 36.0 Å². The molecule has 0 aromatic carbocycles. The molecule has 1 unspecified atom stereocenters. The van der Waals surface area contributed by atoms with E-state index in [1.807, 2.05) is 12.3 Å². The summed E-state index contributed by atoms with van der Waals surface area (Å²) in [5.41, 5.74) is 0.773. The van der Waals surface area contributed by atoms with Crippen LogP contribution in [0.5, 0.6) is 0 Å². The first-order valence-electron chi connectivity index (χ1n) is 6.04. The normalized spacial score (nSPS) is 28.0. The average Bonchev–Trinajstić information content (AvgIpc) is 2.93. The summed E-state index contributed by atoms with van der Waals surface area (Å²) in [5, 5.41) is 0. The third-order valence-corrected chi connectivity index (χ3v) is 4.65. The van der Waals surface area contributed by atoms with Gasteiger partial charge in [-0.25, -0.2) is 9.78 Å². The lowest BCUT2D eigenvalue weighted by Crippen LogP contribution is -2.27. The van der Waals surface area contributed by atoms with Gasteiger partial charge in [-0.15, -0.1) is 0 Å². The molecule has 3 rings (SSSR count). The van der Waals surface area contributed by atoms with Crippen LogP contribution in [0.3, 0.4) is 0 Å². The fourth-order valence-corrected chi connectivity index (χ4v) is 3.47. The van der Waals surface area contributed by atoms with Crippen LogP contribution in [-0.2, 0) is 4.74 Å². The van der Waals surface area contributed by atoms with E-state index >= 15 is 0 Å². The van der Waals surface area contributed by atoms with Crippen molar-refractivity contribution in [2.75, 3.05) is 0 Å². The number of halogens is 1. The van der Waals surface area contributed by atoms with Crippen LogP contribution in [0, 0.1) is 0 Å². The van der Waals surface area contributed by atoms with Gasteiger partial charge in [-0.05, 0) is 12.5 Å². The highest BCUT2D eigenvalue weighted by Gasteiger charge is 2.34. The summed E-state index contributed by atoms with van der Waals surface area (Å²) >= 11 is 2.40. The third kappa shape index (κ3) is 1.97. The summed E-state index contributed by atoms with van der Waals surface area (Å²) in [6.07, 6.45) is 5.43. The van der Waals surface area contributed by atoms with Gasteiger partial charge in [-0.3, -0.25) is 9.55 Å². The van der Waals surface area contributed by atoms with Crippen molar-refractivity contribution < 1.29 is 4.74 Å². The van der Waals surface area contributed by atoms with E-state index in [9.17, 15) is 4.79 Å². The number of aromatic nitrogens is 3. The Balaban J connectivity index is 1.98. The van der Waals surface area contributed by atoms with Crippen LogP contribution >= 0.6 is 22.6 Å². The van der Waals surface area contributed by atoms with Crippen molar-refractivity contribution in [3.05, 3.63) is 28.9 Å².